The van der Waals surface area contributed by atoms with E-state index in [1.807, 2.05) is 0 Å². The van der Waals surface area contributed by atoms with Crippen molar-refractivity contribution in [2.45, 2.75) is 96.8 Å². The number of rotatable bonds is 24. The van der Waals surface area contributed by atoms with E-state index >= 15 is 0 Å². The topological polar surface area (TPSA) is 71.1 Å². The molecule has 0 aliphatic heterocycles. The molecule has 0 fully saturated rings. The van der Waals surface area contributed by atoms with Gasteiger partial charge in [-0.15, -0.1) is 0 Å². The zero-order valence-electron chi connectivity index (χ0n) is 19.9. The van der Waals surface area contributed by atoms with E-state index in [4.69, 9.17) is 18.9 Å². The molecule has 0 aromatic heterocycles. The van der Waals surface area contributed by atoms with Crippen molar-refractivity contribution in [2.24, 2.45) is 0 Å². The molecule has 182 valence electrons. The lowest BCUT2D eigenvalue weighted by molar-refractivity contribution is -0.145. The Kier molecular flexibility index (Phi) is 23.7. The first kappa shape index (κ1) is 29.6. The Morgan fingerprint density at radius 1 is 0.613 bits per heavy atom. The summed E-state index contributed by atoms with van der Waals surface area (Å²) in [6, 6.07) is 0. The van der Waals surface area contributed by atoms with Gasteiger partial charge in [-0.3, -0.25) is 4.79 Å². The van der Waals surface area contributed by atoms with Gasteiger partial charge in [0.2, 0.25) is 0 Å². The molecular formula is C25H46O6. The Bertz CT molecular complexity index is 424. The van der Waals surface area contributed by atoms with E-state index in [1.165, 1.54) is 70.6 Å². The molecule has 0 rings (SSSR count). The summed E-state index contributed by atoms with van der Waals surface area (Å²) < 4.78 is 20.5. The van der Waals surface area contributed by atoms with Crippen molar-refractivity contribution >= 4 is 11.9 Å². The minimum Gasteiger partial charge on any atom is -0.463 e. The normalized spacial score (nSPS) is 10.7. The van der Waals surface area contributed by atoms with Crippen LogP contribution in [0.4, 0.5) is 0 Å². The third-order valence-corrected chi connectivity index (χ3v) is 4.99. The van der Waals surface area contributed by atoms with Crippen LogP contribution >= 0.6 is 0 Å². The lowest BCUT2D eigenvalue weighted by atomic mass is 10.0. The van der Waals surface area contributed by atoms with E-state index in [-0.39, 0.29) is 19.2 Å². The highest BCUT2D eigenvalue weighted by atomic mass is 16.6. The SMILES string of the molecule is C=CC(=O)OCCOCCOCCOC(=O)CCCCCCCCCCCCCCC. The number of hydrogen-bond acceptors (Lipinski definition) is 6. The van der Waals surface area contributed by atoms with Crippen LogP contribution in [0.15, 0.2) is 12.7 Å². The van der Waals surface area contributed by atoms with Crippen molar-refractivity contribution < 1.29 is 28.5 Å². The van der Waals surface area contributed by atoms with E-state index in [9.17, 15) is 9.59 Å². The van der Waals surface area contributed by atoms with E-state index in [0.29, 0.717) is 32.8 Å². The molecule has 0 bridgehead atoms. The Balaban J connectivity index is 3.18. The number of unbranched alkanes of at least 4 members (excludes halogenated alkanes) is 12. The average Bonchev–Trinajstić information content (AvgIpc) is 2.77. The van der Waals surface area contributed by atoms with Gasteiger partial charge in [0.15, 0.2) is 0 Å². The second-order valence-electron chi connectivity index (χ2n) is 7.81. The van der Waals surface area contributed by atoms with Gasteiger partial charge in [-0.25, -0.2) is 4.79 Å². The van der Waals surface area contributed by atoms with E-state index in [1.54, 1.807) is 0 Å². The van der Waals surface area contributed by atoms with Gasteiger partial charge < -0.3 is 18.9 Å². The first-order valence-corrected chi connectivity index (χ1v) is 12.3. The molecule has 31 heavy (non-hydrogen) atoms. The molecule has 0 aliphatic carbocycles. The van der Waals surface area contributed by atoms with E-state index in [0.717, 1.165) is 18.9 Å². The highest BCUT2D eigenvalue weighted by Crippen LogP contribution is 2.13. The number of hydrogen-bond donors (Lipinski definition) is 0. The summed E-state index contributed by atoms with van der Waals surface area (Å²) in [5, 5.41) is 0. The van der Waals surface area contributed by atoms with E-state index in [2.05, 4.69) is 13.5 Å². The predicted molar refractivity (Wildman–Crippen MR) is 124 cm³/mol. The quantitative estimate of drug-likeness (QED) is 0.107. The zero-order chi connectivity index (χ0) is 22.8. The van der Waals surface area contributed by atoms with Crippen LogP contribution in [0.3, 0.4) is 0 Å². The summed E-state index contributed by atoms with van der Waals surface area (Å²) in [4.78, 5) is 22.5. The molecule has 0 aromatic rings. The molecule has 0 heterocycles. The summed E-state index contributed by atoms with van der Waals surface area (Å²) in [5.74, 6) is -0.604. The summed E-state index contributed by atoms with van der Waals surface area (Å²) in [5.41, 5.74) is 0. The molecule has 6 heteroatoms. The maximum Gasteiger partial charge on any atom is 0.330 e. The van der Waals surface area contributed by atoms with Crippen LogP contribution in [0.25, 0.3) is 0 Å². The summed E-state index contributed by atoms with van der Waals surface area (Å²) in [6.07, 6.45) is 18.4. The molecule has 0 saturated carbocycles. The first-order valence-electron chi connectivity index (χ1n) is 12.3. The van der Waals surface area contributed by atoms with Crippen LogP contribution in [0.1, 0.15) is 96.8 Å². The summed E-state index contributed by atoms with van der Waals surface area (Å²) in [7, 11) is 0. The molecule has 0 spiro atoms. The standard InChI is InChI=1S/C25H46O6/c1-3-5-6-7-8-9-10-11-12-13-14-15-16-17-25(27)31-23-21-29-19-18-28-20-22-30-24(26)4-2/h4H,2-3,5-23H2,1H3. The van der Waals surface area contributed by atoms with Crippen molar-refractivity contribution in [3.05, 3.63) is 12.7 Å². The average molecular weight is 443 g/mol. The Morgan fingerprint density at radius 3 is 1.52 bits per heavy atom. The summed E-state index contributed by atoms with van der Waals surface area (Å²) >= 11 is 0. The van der Waals surface area contributed by atoms with Crippen LogP contribution in [-0.2, 0) is 28.5 Å². The smallest absolute Gasteiger partial charge is 0.330 e. The number of esters is 2. The van der Waals surface area contributed by atoms with Crippen LogP contribution in [0, 0.1) is 0 Å². The van der Waals surface area contributed by atoms with Crippen molar-refractivity contribution in [1.82, 2.24) is 0 Å². The Labute approximate surface area is 190 Å². The van der Waals surface area contributed by atoms with Gasteiger partial charge in [-0.05, 0) is 6.42 Å². The highest BCUT2D eigenvalue weighted by Gasteiger charge is 2.03. The maximum atomic E-state index is 11.7. The molecule has 0 N–H and O–H groups in total. The van der Waals surface area contributed by atoms with Crippen molar-refractivity contribution in [2.75, 3.05) is 39.6 Å². The number of carbonyl (C=O) groups is 2. The Hall–Kier alpha value is -1.40. The van der Waals surface area contributed by atoms with Crippen molar-refractivity contribution in [1.29, 1.82) is 0 Å². The molecule has 0 atom stereocenters. The van der Waals surface area contributed by atoms with Gasteiger partial charge in [-0.2, -0.15) is 0 Å². The lowest BCUT2D eigenvalue weighted by Crippen LogP contribution is -2.14. The largest absolute Gasteiger partial charge is 0.463 e. The van der Waals surface area contributed by atoms with Crippen molar-refractivity contribution in [3.8, 4) is 0 Å². The molecular weight excluding hydrogens is 396 g/mol. The van der Waals surface area contributed by atoms with Crippen LogP contribution in [-0.4, -0.2) is 51.6 Å². The molecule has 6 nitrogen and oxygen atoms in total. The maximum absolute atomic E-state index is 11.7. The lowest BCUT2D eigenvalue weighted by Gasteiger charge is -2.07. The van der Waals surface area contributed by atoms with E-state index < -0.39 is 5.97 Å². The van der Waals surface area contributed by atoms with Crippen LogP contribution < -0.4 is 0 Å². The van der Waals surface area contributed by atoms with Gasteiger partial charge in [0.1, 0.15) is 13.2 Å². The molecule has 0 saturated heterocycles. The molecule has 0 radical (unpaired) electrons. The fraction of sp³-hybridized carbons (Fsp3) is 0.840. The van der Waals surface area contributed by atoms with Gasteiger partial charge in [-0.1, -0.05) is 90.6 Å². The molecule has 0 unspecified atom stereocenters. The van der Waals surface area contributed by atoms with Gasteiger partial charge in [0.05, 0.1) is 26.4 Å². The second-order valence-corrected chi connectivity index (χ2v) is 7.81. The zero-order valence-corrected chi connectivity index (χ0v) is 19.9. The molecule has 0 aromatic carbocycles. The Morgan fingerprint density at radius 2 is 1.03 bits per heavy atom. The van der Waals surface area contributed by atoms with Crippen LogP contribution in [0.2, 0.25) is 0 Å². The third-order valence-electron chi connectivity index (χ3n) is 4.99. The predicted octanol–water partition coefficient (Wildman–Crippen LogP) is 5.77. The second kappa shape index (κ2) is 24.9. The third kappa shape index (κ3) is 24.7. The van der Waals surface area contributed by atoms with Gasteiger partial charge in [0, 0.05) is 12.5 Å². The van der Waals surface area contributed by atoms with Crippen molar-refractivity contribution in [3.63, 3.8) is 0 Å². The number of carbonyl (C=O) groups excluding carboxylic acids is 2. The molecule has 0 aliphatic rings. The minimum atomic E-state index is -0.458. The molecule has 0 amide bonds. The highest BCUT2D eigenvalue weighted by molar-refractivity contribution is 5.81. The fourth-order valence-electron chi connectivity index (χ4n) is 3.16. The van der Waals surface area contributed by atoms with Gasteiger partial charge in [0.25, 0.3) is 0 Å². The number of ether oxygens (including phenoxy) is 4. The summed E-state index contributed by atoms with van der Waals surface area (Å²) in [6.45, 7) is 7.52. The van der Waals surface area contributed by atoms with Crippen LogP contribution in [0.5, 0.6) is 0 Å². The minimum absolute atomic E-state index is 0.146. The van der Waals surface area contributed by atoms with Gasteiger partial charge >= 0.3 is 11.9 Å². The first-order chi connectivity index (χ1) is 15.2. The monoisotopic (exact) mass is 442 g/mol. The fourth-order valence-corrected chi connectivity index (χ4v) is 3.16.